The molecule has 1 aromatic heterocycles. The van der Waals surface area contributed by atoms with E-state index in [2.05, 4.69) is 15.2 Å². The summed E-state index contributed by atoms with van der Waals surface area (Å²) in [6.45, 7) is 0. The minimum absolute atomic E-state index is 0.360. The number of hydrogen-bond acceptors (Lipinski definition) is 3. The van der Waals surface area contributed by atoms with E-state index in [1.165, 1.54) is 19.2 Å². The largest absolute Gasteiger partial charge is 0.461 e. The fourth-order valence-electron chi connectivity index (χ4n) is 1.90. The van der Waals surface area contributed by atoms with E-state index in [1.807, 2.05) is 0 Å². The smallest absolute Gasteiger partial charge is 0.426 e. The number of carbonyl (C=O) groups is 1. The summed E-state index contributed by atoms with van der Waals surface area (Å²) in [5, 5.41) is 5.75. The van der Waals surface area contributed by atoms with Crippen molar-refractivity contribution in [1.82, 2.24) is 9.78 Å². The molecule has 0 atom stereocenters. The van der Waals surface area contributed by atoms with E-state index in [0.29, 0.717) is 0 Å². The number of benzene rings is 1. The topological polar surface area (TPSA) is 56.2 Å². The molecule has 0 aliphatic heterocycles. The Balaban J connectivity index is 2.32. The molecule has 1 aromatic carbocycles. The highest BCUT2D eigenvalue weighted by Crippen LogP contribution is 2.37. The summed E-state index contributed by atoms with van der Waals surface area (Å²) >= 11 is 10.6. The molecule has 0 saturated carbocycles. The number of nitrogens with zero attached hydrogens (tertiary/aromatic N) is 2. The zero-order valence-electron chi connectivity index (χ0n) is 12.8. The molecule has 0 radical (unpaired) electrons. The quantitative estimate of drug-likeness (QED) is 0.557. The second-order valence-electron chi connectivity index (χ2n) is 4.98. The third kappa shape index (κ3) is 4.55. The molecule has 1 heterocycles. The Hall–Kier alpha value is -2.07. The molecule has 0 bridgehead atoms. The molecule has 1 N–H and O–H groups in total. The maximum atomic E-state index is 13.8. The molecular formula is C14H10Cl2F5N3O2. The number of halogens is 7. The van der Waals surface area contributed by atoms with Gasteiger partial charge in [-0.3, -0.25) is 9.48 Å². The highest BCUT2D eigenvalue weighted by atomic mass is 35.5. The Morgan fingerprint density at radius 3 is 2.46 bits per heavy atom. The molecule has 2 aromatic rings. The van der Waals surface area contributed by atoms with Crippen LogP contribution in [0.3, 0.4) is 0 Å². The third-order valence-electron chi connectivity index (χ3n) is 2.98. The minimum Gasteiger partial charge on any atom is -0.426 e. The summed E-state index contributed by atoms with van der Waals surface area (Å²) in [6, 6.07) is 4.62. The molecular weight excluding hydrogens is 408 g/mol. The standard InChI is InChI=1S/C14H10Cl2F5N3O2/c1-24-6-7(10(23-24)13(15,16)19)11(25)22-8-4-2-3-5-9(8)26-14(20,21)12(17)18/h2-6,12H,1H3,(H,22,25). The van der Waals surface area contributed by atoms with Gasteiger partial charge in [0, 0.05) is 13.2 Å². The van der Waals surface area contributed by atoms with Gasteiger partial charge in [0.15, 0.2) is 0 Å². The maximum absolute atomic E-state index is 13.8. The predicted molar refractivity (Wildman–Crippen MR) is 83.7 cm³/mol. The molecule has 2 rings (SSSR count). The SMILES string of the molecule is Cn1cc(C(=O)Nc2ccccc2OC(F)(F)C(F)F)c(C(F)(Cl)Cl)n1. The van der Waals surface area contributed by atoms with Gasteiger partial charge in [-0.25, -0.2) is 4.39 Å². The lowest BCUT2D eigenvalue weighted by atomic mass is 10.2. The fraction of sp³-hybridized carbons (Fsp3) is 0.286. The van der Waals surface area contributed by atoms with Crippen LogP contribution in [-0.2, 0) is 11.6 Å². The first-order chi connectivity index (χ1) is 11.9. The van der Waals surface area contributed by atoms with Crippen molar-refractivity contribution in [2.75, 3.05) is 5.32 Å². The van der Waals surface area contributed by atoms with Gasteiger partial charge in [0.2, 0.25) is 0 Å². The summed E-state index contributed by atoms with van der Waals surface area (Å²) in [5.74, 6) is -1.74. The van der Waals surface area contributed by atoms with Crippen LogP contribution in [0.4, 0.5) is 27.6 Å². The van der Waals surface area contributed by atoms with E-state index in [9.17, 15) is 26.7 Å². The first kappa shape index (κ1) is 20.2. The Bertz CT molecular complexity index is 808. The number of hydrogen-bond donors (Lipinski definition) is 1. The number of aryl methyl sites for hydroxylation is 1. The first-order valence-electron chi connectivity index (χ1n) is 6.78. The molecule has 0 spiro atoms. The van der Waals surface area contributed by atoms with Gasteiger partial charge >= 0.3 is 17.1 Å². The van der Waals surface area contributed by atoms with E-state index in [4.69, 9.17) is 23.2 Å². The van der Waals surface area contributed by atoms with Crippen molar-refractivity contribution >= 4 is 34.8 Å². The Kier molecular flexibility index (Phi) is 5.67. The molecule has 12 heteroatoms. The summed E-state index contributed by atoms with van der Waals surface area (Å²) in [5.41, 5.74) is -1.38. The van der Waals surface area contributed by atoms with Crippen molar-refractivity contribution in [3.05, 3.63) is 41.7 Å². The number of nitrogens with one attached hydrogen (secondary N) is 1. The van der Waals surface area contributed by atoms with Gasteiger partial charge in [-0.2, -0.15) is 22.7 Å². The van der Waals surface area contributed by atoms with Crippen LogP contribution in [0.15, 0.2) is 30.5 Å². The lowest BCUT2D eigenvalue weighted by Gasteiger charge is -2.19. The second kappa shape index (κ2) is 7.28. The molecule has 0 aliphatic carbocycles. The Labute approximate surface area is 153 Å². The van der Waals surface area contributed by atoms with Gasteiger partial charge in [-0.1, -0.05) is 35.3 Å². The number of anilines is 1. The lowest BCUT2D eigenvalue weighted by Crippen LogP contribution is -2.33. The normalized spacial score (nSPS) is 12.3. The third-order valence-corrected chi connectivity index (χ3v) is 3.34. The number of para-hydroxylation sites is 2. The maximum Gasteiger partial charge on any atom is 0.461 e. The van der Waals surface area contributed by atoms with Crippen LogP contribution in [0, 0.1) is 0 Å². The number of alkyl halides is 7. The van der Waals surface area contributed by atoms with Gasteiger partial charge in [0.05, 0.1) is 11.3 Å². The second-order valence-corrected chi connectivity index (χ2v) is 6.21. The molecule has 142 valence electrons. The monoisotopic (exact) mass is 417 g/mol. The van der Waals surface area contributed by atoms with E-state index in [1.54, 1.807) is 0 Å². The zero-order chi connectivity index (χ0) is 19.7. The minimum atomic E-state index is -4.78. The molecule has 0 fully saturated rings. The van der Waals surface area contributed by atoms with E-state index in [0.717, 1.165) is 23.0 Å². The highest BCUT2D eigenvalue weighted by molar-refractivity contribution is 6.46. The molecule has 0 aliphatic rings. The van der Waals surface area contributed by atoms with Gasteiger partial charge in [0.25, 0.3) is 5.91 Å². The summed E-state index contributed by atoms with van der Waals surface area (Å²) in [7, 11) is 1.36. The van der Waals surface area contributed by atoms with Crippen molar-refractivity contribution in [2.24, 2.45) is 7.05 Å². The highest BCUT2D eigenvalue weighted by Gasteiger charge is 2.44. The van der Waals surface area contributed by atoms with Gasteiger partial charge < -0.3 is 10.1 Å². The van der Waals surface area contributed by atoms with Crippen LogP contribution in [0.5, 0.6) is 5.75 Å². The van der Waals surface area contributed by atoms with Gasteiger partial charge in [-0.05, 0) is 12.1 Å². The number of rotatable bonds is 6. The average Bonchev–Trinajstić information content (AvgIpc) is 2.91. The van der Waals surface area contributed by atoms with Crippen LogP contribution < -0.4 is 10.1 Å². The van der Waals surface area contributed by atoms with Crippen molar-refractivity contribution < 1.29 is 31.5 Å². The number of ether oxygens (including phenoxy) is 1. The number of amides is 1. The van der Waals surface area contributed by atoms with Crippen molar-refractivity contribution in [2.45, 2.75) is 17.1 Å². The average molecular weight is 418 g/mol. The summed E-state index contributed by atoms with van der Waals surface area (Å²) in [4.78, 5) is 12.3. The van der Waals surface area contributed by atoms with Crippen LogP contribution >= 0.6 is 23.2 Å². The zero-order valence-corrected chi connectivity index (χ0v) is 14.3. The van der Waals surface area contributed by atoms with Gasteiger partial charge in [0.1, 0.15) is 11.4 Å². The number of aromatic nitrogens is 2. The van der Waals surface area contributed by atoms with E-state index < -0.39 is 40.0 Å². The van der Waals surface area contributed by atoms with Crippen molar-refractivity contribution in [3.8, 4) is 5.75 Å². The molecule has 1 amide bonds. The molecule has 5 nitrogen and oxygen atoms in total. The van der Waals surface area contributed by atoms with Crippen molar-refractivity contribution in [3.63, 3.8) is 0 Å². The lowest BCUT2D eigenvalue weighted by molar-refractivity contribution is -0.252. The van der Waals surface area contributed by atoms with Crippen LogP contribution in [0.1, 0.15) is 16.1 Å². The van der Waals surface area contributed by atoms with Crippen LogP contribution in [0.25, 0.3) is 0 Å². The Morgan fingerprint density at radius 1 is 1.27 bits per heavy atom. The number of carbonyl (C=O) groups excluding carboxylic acids is 1. The van der Waals surface area contributed by atoms with E-state index in [-0.39, 0.29) is 5.69 Å². The van der Waals surface area contributed by atoms with Crippen LogP contribution in [0.2, 0.25) is 0 Å². The Morgan fingerprint density at radius 2 is 1.88 bits per heavy atom. The summed E-state index contributed by atoms with van der Waals surface area (Å²) in [6.07, 6.45) is -7.78. The van der Waals surface area contributed by atoms with E-state index >= 15 is 0 Å². The first-order valence-corrected chi connectivity index (χ1v) is 7.53. The van der Waals surface area contributed by atoms with Gasteiger partial charge in [-0.15, -0.1) is 0 Å². The molecule has 0 unspecified atom stereocenters. The van der Waals surface area contributed by atoms with Crippen LogP contribution in [-0.4, -0.2) is 28.2 Å². The predicted octanol–water partition coefficient (Wildman–Crippen LogP) is 4.47. The molecule has 26 heavy (non-hydrogen) atoms. The molecule has 0 saturated heterocycles. The van der Waals surface area contributed by atoms with Crippen molar-refractivity contribution in [1.29, 1.82) is 0 Å². The summed E-state index contributed by atoms with van der Waals surface area (Å²) < 4.78 is 66.6. The fourth-order valence-corrected chi connectivity index (χ4v) is 2.18.